The molecule has 0 radical (unpaired) electrons. The molecule has 0 bridgehead atoms. The van der Waals surface area contributed by atoms with Gasteiger partial charge in [-0.05, 0) is 32.9 Å². The zero-order valence-electron chi connectivity index (χ0n) is 11.4. The van der Waals surface area contributed by atoms with Crippen molar-refractivity contribution in [1.29, 1.82) is 0 Å². The highest BCUT2D eigenvalue weighted by Gasteiger charge is 2.20. The van der Waals surface area contributed by atoms with Crippen LogP contribution in [0.1, 0.15) is 15.2 Å². The smallest absolute Gasteiger partial charge is 0.267 e. The van der Waals surface area contributed by atoms with E-state index in [0.717, 1.165) is 14.5 Å². The normalized spacial score (nSPS) is 10.6. The first-order chi connectivity index (χ1) is 9.38. The molecule has 0 aliphatic carbocycles. The zero-order valence-corrected chi connectivity index (χ0v) is 14.6. The monoisotopic (exact) mass is 374 g/mol. The second kappa shape index (κ2) is 6.11. The summed E-state index contributed by atoms with van der Waals surface area (Å²) in [6.45, 7) is 0.551. The summed E-state index contributed by atoms with van der Waals surface area (Å²) >= 11 is 6.33. The molecule has 0 aliphatic heterocycles. The summed E-state index contributed by atoms with van der Waals surface area (Å²) in [4.78, 5) is 20.6. The Kier molecular flexibility index (Phi) is 4.66. The summed E-state index contributed by atoms with van der Waals surface area (Å²) in [5.74, 6) is 0.192. The second-order valence-electron chi connectivity index (χ2n) is 4.53. The molecule has 108 valence electrons. The van der Waals surface area contributed by atoms with Gasteiger partial charge in [0.05, 0.1) is 3.79 Å². The summed E-state index contributed by atoms with van der Waals surface area (Å²) in [5, 5.41) is 2.76. The first-order valence-electron chi connectivity index (χ1n) is 5.80. The van der Waals surface area contributed by atoms with Crippen molar-refractivity contribution >= 4 is 55.5 Å². The van der Waals surface area contributed by atoms with Crippen LogP contribution in [-0.4, -0.2) is 36.9 Å². The lowest BCUT2D eigenvalue weighted by Crippen LogP contribution is -2.25. The molecule has 1 amide bonds. The number of halogens is 1. The molecule has 5 nitrogen and oxygen atoms in total. The van der Waals surface area contributed by atoms with E-state index in [9.17, 15) is 4.79 Å². The van der Waals surface area contributed by atoms with Crippen LogP contribution in [0.4, 0.5) is 10.9 Å². The first kappa shape index (κ1) is 15.3. The van der Waals surface area contributed by atoms with Crippen molar-refractivity contribution in [2.75, 3.05) is 31.8 Å². The van der Waals surface area contributed by atoms with E-state index in [2.05, 4.69) is 20.9 Å². The fraction of sp³-hybridized carbons (Fsp3) is 0.333. The minimum Gasteiger partial charge on any atom is -0.382 e. The lowest BCUT2D eigenvalue weighted by Gasteiger charge is -2.15. The summed E-state index contributed by atoms with van der Waals surface area (Å²) in [6.07, 6.45) is 0. The molecule has 2 heterocycles. The average molecular weight is 375 g/mol. The highest BCUT2D eigenvalue weighted by molar-refractivity contribution is 9.11. The van der Waals surface area contributed by atoms with Gasteiger partial charge in [-0.2, -0.15) is 0 Å². The first-order valence-corrected chi connectivity index (χ1v) is 8.29. The van der Waals surface area contributed by atoms with Crippen molar-refractivity contribution in [2.24, 2.45) is 0 Å². The number of thiazole rings is 1. The Labute approximate surface area is 134 Å². The van der Waals surface area contributed by atoms with Crippen LogP contribution in [0.15, 0.2) is 15.2 Å². The van der Waals surface area contributed by atoms with Crippen molar-refractivity contribution < 1.29 is 4.79 Å². The lowest BCUT2D eigenvalue weighted by atomic mass is 10.3. The van der Waals surface area contributed by atoms with Gasteiger partial charge in [0, 0.05) is 27.7 Å². The third kappa shape index (κ3) is 3.31. The summed E-state index contributed by atoms with van der Waals surface area (Å²) in [5.41, 5.74) is 6.93. The summed E-state index contributed by atoms with van der Waals surface area (Å²) in [6, 6.07) is 2.01. The van der Waals surface area contributed by atoms with Gasteiger partial charge >= 0.3 is 0 Å². The number of hydrogen-bond donors (Lipinski definition) is 1. The van der Waals surface area contributed by atoms with Gasteiger partial charge in [-0.15, -0.1) is 11.3 Å². The fourth-order valence-electron chi connectivity index (χ4n) is 1.61. The number of aromatic nitrogens is 1. The standard InChI is InChI=1S/C12H15BrN4OS2/c1-16(2)12-15-10(14)9(20-12)11(18)17(3)5-7-4-8(13)19-6-7/h4,6H,5,14H2,1-3H3. The summed E-state index contributed by atoms with van der Waals surface area (Å²) < 4.78 is 1.06. The van der Waals surface area contributed by atoms with Crippen LogP contribution < -0.4 is 10.6 Å². The van der Waals surface area contributed by atoms with Crippen LogP contribution >= 0.6 is 38.6 Å². The molecule has 2 rings (SSSR count). The Morgan fingerprint density at radius 3 is 2.65 bits per heavy atom. The van der Waals surface area contributed by atoms with E-state index in [1.54, 1.807) is 23.3 Å². The van der Waals surface area contributed by atoms with E-state index < -0.39 is 0 Å². The average Bonchev–Trinajstić information content (AvgIpc) is 2.95. The van der Waals surface area contributed by atoms with Crippen LogP contribution in [0.3, 0.4) is 0 Å². The molecule has 0 unspecified atom stereocenters. The van der Waals surface area contributed by atoms with Gasteiger partial charge in [0.25, 0.3) is 5.91 Å². The predicted molar refractivity (Wildman–Crippen MR) is 88.7 cm³/mol. The fourth-order valence-corrected chi connectivity index (χ4v) is 3.72. The molecule has 0 atom stereocenters. The Balaban J connectivity index is 2.14. The molecule has 2 aromatic rings. The molecule has 2 aromatic heterocycles. The van der Waals surface area contributed by atoms with Crippen molar-refractivity contribution in [3.05, 3.63) is 25.7 Å². The quantitative estimate of drug-likeness (QED) is 0.893. The zero-order chi connectivity index (χ0) is 14.9. The maximum atomic E-state index is 12.4. The number of nitrogen functional groups attached to an aromatic ring is 1. The molecule has 0 saturated carbocycles. The number of hydrogen-bond acceptors (Lipinski definition) is 6. The molecule has 0 spiro atoms. The van der Waals surface area contributed by atoms with Crippen LogP contribution in [0.2, 0.25) is 0 Å². The minimum absolute atomic E-state index is 0.101. The molecule has 0 aromatic carbocycles. The van der Waals surface area contributed by atoms with Crippen molar-refractivity contribution in [2.45, 2.75) is 6.54 Å². The third-order valence-corrected chi connectivity index (χ3v) is 5.39. The predicted octanol–water partition coefficient (Wildman–Crippen LogP) is 2.89. The molecule has 2 N–H and O–H groups in total. The largest absolute Gasteiger partial charge is 0.382 e. The van der Waals surface area contributed by atoms with Gasteiger partial charge in [0.2, 0.25) is 0 Å². The number of carbonyl (C=O) groups excluding carboxylic acids is 1. The number of thiophene rings is 1. The Hall–Kier alpha value is -1.12. The third-order valence-electron chi connectivity index (χ3n) is 2.61. The van der Waals surface area contributed by atoms with Gasteiger partial charge in [0.15, 0.2) is 5.13 Å². The van der Waals surface area contributed by atoms with Crippen LogP contribution in [-0.2, 0) is 6.54 Å². The van der Waals surface area contributed by atoms with Gasteiger partial charge in [-0.3, -0.25) is 4.79 Å². The number of nitrogens with zero attached hydrogens (tertiary/aromatic N) is 3. The topological polar surface area (TPSA) is 62.5 Å². The van der Waals surface area contributed by atoms with Crippen molar-refractivity contribution in [3.63, 3.8) is 0 Å². The molecular weight excluding hydrogens is 360 g/mol. The van der Waals surface area contributed by atoms with Gasteiger partial charge in [0.1, 0.15) is 10.7 Å². The molecule has 8 heteroatoms. The van der Waals surface area contributed by atoms with E-state index >= 15 is 0 Å². The molecule has 0 aliphatic rings. The highest BCUT2D eigenvalue weighted by Crippen LogP contribution is 2.28. The maximum Gasteiger partial charge on any atom is 0.267 e. The molecule has 0 fully saturated rings. The highest BCUT2D eigenvalue weighted by atomic mass is 79.9. The Morgan fingerprint density at radius 1 is 1.45 bits per heavy atom. The minimum atomic E-state index is -0.101. The Bertz CT molecular complexity index is 623. The van der Waals surface area contributed by atoms with E-state index in [0.29, 0.717) is 17.2 Å². The number of amides is 1. The lowest BCUT2D eigenvalue weighted by molar-refractivity contribution is 0.0791. The van der Waals surface area contributed by atoms with Crippen LogP contribution in [0.5, 0.6) is 0 Å². The van der Waals surface area contributed by atoms with E-state index in [-0.39, 0.29) is 5.91 Å². The number of rotatable bonds is 4. The van der Waals surface area contributed by atoms with Crippen LogP contribution in [0, 0.1) is 0 Å². The number of nitrogens with two attached hydrogens (primary N) is 1. The molecule has 0 saturated heterocycles. The molecule has 20 heavy (non-hydrogen) atoms. The van der Waals surface area contributed by atoms with Gasteiger partial charge in [-0.25, -0.2) is 4.98 Å². The number of anilines is 2. The maximum absolute atomic E-state index is 12.4. The van der Waals surface area contributed by atoms with Crippen molar-refractivity contribution in [1.82, 2.24) is 9.88 Å². The second-order valence-corrected chi connectivity index (χ2v) is 7.79. The van der Waals surface area contributed by atoms with E-state index in [1.165, 1.54) is 11.3 Å². The van der Waals surface area contributed by atoms with Gasteiger partial charge < -0.3 is 15.5 Å². The molecular formula is C12H15BrN4OS2. The van der Waals surface area contributed by atoms with E-state index in [4.69, 9.17) is 5.73 Å². The SMILES string of the molecule is CN(Cc1csc(Br)c1)C(=O)c1sc(N(C)C)nc1N. The van der Waals surface area contributed by atoms with Crippen molar-refractivity contribution in [3.8, 4) is 0 Å². The van der Waals surface area contributed by atoms with E-state index in [1.807, 2.05) is 30.4 Å². The van der Waals surface area contributed by atoms with Crippen LogP contribution in [0.25, 0.3) is 0 Å². The number of carbonyl (C=O) groups is 1. The van der Waals surface area contributed by atoms with Gasteiger partial charge in [-0.1, -0.05) is 11.3 Å². The summed E-state index contributed by atoms with van der Waals surface area (Å²) in [7, 11) is 5.51. The Morgan fingerprint density at radius 2 is 2.15 bits per heavy atom.